The molecule has 0 aliphatic rings. The molecule has 0 bridgehead atoms. The number of rotatable bonds is 0. The van der Waals surface area contributed by atoms with E-state index in [-0.39, 0.29) is 0 Å². The highest BCUT2D eigenvalue weighted by Gasteiger charge is 1.88. The van der Waals surface area contributed by atoms with Gasteiger partial charge >= 0.3 is 0 Å². The second-order valence-corrected chi connectivity index (χ2v) is 1.37. The van der Waals surface area contributed by atoms with E-state index in [4.69, 9.17) is 5.21 Å². The van der Waals surface area contributed by atoms with Crippen LogP contribution in [0.4, 0.5) is 0 Å². The van der Waals surface area contributed by atoms with Gasteiger partial charge in [-0.25, -0.2) is 9.46 Å². The van der Waals surface area contributed by atoms with Crippen LogP contribution in [0.3, 0.4) is 0 Å². The van der Waals surface area contributed by atoms with E-state index in [2.05, 4.69) is 17.2 Å². The Balaban J connectivity index is 3.56. The lowest BCUT2D eigenvalue weighted by Crippen LogP contribution is -2.18. The molecular formula is C3H8N2OS. The third kappa shape index (κ3) is 2.47. The summed E-state index contributed by atoms with van der Waals surface area (Å²) < 4.78 is 3.38. The first kappa shape index (κ1) is 6.78. The molecule has 0 amide bonds. The molecule has 0 aliphatic heterocycles. The maximum Gasteiger partial charge on any atom is 0.133 e. The summed E-state index contributed by atoms with van der Waals surface area (Å²) >= 11 is 3.54. The van der Waals surface area contributed by atoms with Crippen molar-refractivity contribution in [3.8, 4) is 0 Å². The van der Waals surface area contributed by atoms with Gasteiger partial charge in [0, 0.05) is 7.05 Å². The maximum absolute atomic E-state index is 8.47. The highest BCUT2D eigenvalue weighted by molar-refractivity contribution is 7.79. The van der Waals surface area contributed by atoms with Crippen molar-refractivity contribution < 1.29 is 5.21 Å². The lowest BCUT2D eigenvalue weighted by Gasteiger charge is -2.05. The Labute approximate surface area is 48.2 Å². The minimum absolute atomic E-state index is 0.475. The molecule has 0 unspecified atom stereocenters. The molecule has 0 aliphatic carbocycles. The Hall–Kier alpha value is -0.220. The molecule has 0 aromatic rings. The van der Waals surface area contributed by atoms with Crippen LogP contribution in [0.1, 0.15) is 6.92 Å². The highest BCUT2D eigenvalue weighted by Crippen LogP contribution is 1.82. The van der Waals surface area contributed by atoms with Crippen molar-refractivity contribution in [3.05, 3.63) is 0 Å². The first-order valence-electron chi connectivity index (χ1n) is 1.79. The zero-order valence-electron chi connectivity index (χ0n) is 4.29. The predicted octanol–water partition coefficient (Wildman–Crippen LogP) is 0.571. The minimum Gasteiger partial charge on any atom is -0.288 e. The molecule has 0 rings (SSSR count). The molecule has 0 aromatic heterocycles. The van der Waals surface area contributed by atoms with Crippen LogP contribution in [0.2, 0.25) is 0 Å². The molecule has 7 heavy (non-hydrogen) atoms. The summed E-state index contributed by atoms with van der Waals surface area (Å²) in [5, 5.41) is 9.37. The third-order valence-corrected chi connectivity index (χ3v) is 0.902. The molecule has 0 heterocycles. The zero-order valence-corrected chi connectivity index (χ0v) is 5.18. The Morgan fingerprint density at radius 1 is 1.86 bits per heavy atom. The maximum atomic E-state index is 8.47. The molecule has 0 saturated heterocycles. The fraction of sp³-hybridized carbons (Fsp3) is 0.667. The number of hydrogen-bond acceptors (Lipinski definition) is 3. The summed E-state index contributed by atoms with van der Waals surface area (Å²) in [5.41, 5.74) is 0. The van der Waals surface area contributed by atoms with E-state index in [0.29, 0.717) is 5.84 Å². The second kappa shape index (κ2) is 2.87. The molecule has 0 saturated carbocycles. The molecule has 0 aromatic carbocycles. The van der Waals surface area contributed by atoms with Crippen molar-refractivity contribution in [2.45, 2.75) is 6.92 Å². The van der Waals surface area contributed by atoms with Gasteiger partial charge in [-0.05, 0) is 19.7 Å². The van der Waals surface area contributed by atoms with E-state index in [0.717, 1.165) is 5.06 Å². The number of nitrogens with zero attached hydrogens (tertiary/aromatic N) is 2. The Morgan fingerprint density at radius 3 is 2.29 bits per heavy atom. The highest BCUT2D eigenvalue weighted by atomic mass is 32.1. The molecule has 0 atom stereocenters. The van der Waals surface area contributed by atoms with Gasteiger partial charge in [0.15, 0.2) is 0 Å². The molecule has 0 spiro atoms. The van der Waals surface area contributed by atoms with Gasteiger partial charge in [0.2, 0.25) is 0 Å². The number of thiol groups is 1. The molecule has 3 nitrogen and oxygen atoms in total. The van der Waals surface area contributed by atoms with E-state index in [1.54, 1.807) is 6.92 Å². The summed E-state index contributed by atoms with van der Waals surface area (Å²) in [6.07, 6.45) is 0. The first-order valence-corrected chi connectivity index (χ1v) is 2.19. The SMILES string of the molecule is CC(=NS)N(C)O. The normalized spacial score (nSPS) is 11.7. The second-order valence-electron chi connectivity index (χ2n) is 1.17. The molecule has 4 heteroatoms. The van der Waals surface area contributed by atoms with Gasteiger partial charge in [0.05, 0.1) is 0 Å². The molecular weight excluding hydrogens is 112 g/mol. The Morgan fingerprint density at radius 2 is 2.29 bits per heavy atom. The average Bonchev–Trinajstić information content (AvgIpc) is 1.65. The fourth-order valence-corrected chi connectivity index (χ4v) is 0.194. The van der Waals surface area contributed by atoms with Crippen molar-refractivity contribution >= 4 is 18.7 Å². The van der Waals surface area contributed by atoms with Crippen molar-refractivity contribution in [1.29, 1.82) is 0 Å². The van der Waals surface area contributed by atoms with Crippen LogP contribution < -0.4 is 0 Å². The van der Waals surface area contributed by atoms with Crippen LogP contribution in [0, 0.1) is 0 Å². The van der Waals surface area contributed by atoms with Gasteiger partial charge < -0.3 is 0 Å². The smallest absolute Gasteiger partial charge is 0.133 e. The van der Waals surface area contributed by atoms with Crippen molar-refractivity contribution in [2.24, 2.45) is 4.40 Å². The summed E-state index contributed by atoms with van der Waals surface area (Å²) in [6, 6.07) is 0. The van der Waals surface area contributed by atoms with Gasteiger partial charge in [-0.1, -0.05) is 0 Å². The largest absolute Gasteiger partial charge is 0.288 e. The Bertz CT molecular complexity index is 81.0. The van der Waals surface area contributed by atoms with E-state index in [1.807, 2.05) is 0 Å². The summed E-state index contributed by atoms with van der Waals surface area (Å²) in [4.78, 5) is 0. The molecule has 0 fully saturated rings. The summed E-state index contributed by atoms with van der Waals surface area (Å²) in [7, 11) is 1.48. The van der Waals surface area contributed by atoms with Crippen molar-refractivity contribution in [1.82, 2.24) is 5.06 Å². The van der Waals surface area contributed by atoms with Gasteiger partial charge in [0.25, 0.3) is 0 Å². The van der Waals surface area contributed by atoms with E-state index >= 15 is 0 Å². The quantitative estimate of drug-likeness (QED) is 0.212. The third-order valence-electron chi connectivity index (χ3n) is 0.613. The Kier molecular flexibility index (Phi) is 2.78. The van der Waals surface area contributed by atoms with Gasteiger partial charge in [-0.2, -0.15) is 0 Å². The van der Waals surface area contributed by atoms with Crippen LogP contribution in [0.25, 0.3) is 0 Å². The molecule has 42 valence electrons. The van der Waals surface area contributed by atoms with E-state index < -0.39 is 0 Å². The lowest BCUT2D eigenvalue weighted by atomic mass is 10.7. The van der Waals surface area contributed by atoms with Crippen molar-refractivity contribution in [2.75, 3.05) is 7.05 Å². The molecule has 0 radical (unpaired) electrons. The van der Waals surface area contributed by atoms with Gasteiger partial charge in [-0.15, -0.1) is 0 Å². The van der Waals surface area contributed by atoms with Crippen LogP contribution >= 0.6 is 12.8 Å². The van der Waals surface area contributed by atoms with Crippen LogP contribution in [-0.4, -0.2) is 23.2 Å². The van der Waals surface area contributed by atoms with Crippen molar-refractivity contribution in [3.63, 3.8) is 0 Å². The number of amidine groups is 1. The average molecular weight is 120 g/mol. The number of hydroxylamine groups is 2. The van der Waals surface area contributed by atoms with Crippen LogP contribution in [-0.2, 0) is 0 Å². The topological polar surface area (TPSA) is 35.8 Å². The lowest BCUT2D eigenvalue weighted by molar-refractivity contribution is 0.0132. The number of hydrogen-bond donors (Lipinski definition) is 2. The standard InChI is InChI=1S/C3H8N2OS/c1-3(4-7)5(2)6/h6-7H,1-2H3. The van der Waals surface area contributed by atoms with Gasteiger partial charge in [0.1, 0.15) is 5.84 Å². The first-order chi connectivity index (χ1) is 3.18. The monoisotopic (exact) mass is 120 g/mol. The van der Waals surface area contributed by atoms with E-state index in [1.165, 1.54) is 7.05 Å². The zero-order chi connectivity index (χ0) is 5.86. The van der Waals surface area contributed by atoms with Crippen LogP contribution in [0.5, 0.6) is 0 Å². The molecule has 1 N–H and O–H groups in total. The predicted molar refractivity (Wildman–Crippen MR) is 31.6 cm³/mol. The minimum atomic E-state index is 0.475. The van der Waals surface area contributed by atoms with E-state index in [9.17, 15) is 0 Å². The summed E-state index contributed by atoms with van der Waals surface area (Å²) in [5.74, 6) is 0.475. The summed E-state index contributed by atoms with van der Waals surface area (Å²) in [6.45, 7) is 1.65. The van der Waals surface area contributed by atoms with Crippen LogP contribution in [0.15, 0.2) is 4.40 Å². The fourth-order valence-electron chi connectivity index (χ4n) is 0.0647. The van der Waals surface area contributed by atoms with Gasteiger partial charge in [-0.3, -0.25) is 5.21 Å².